The number of hydrogen-bond acceptors (Lipinski definition) is 8. The van der Waals surface area contributed by atoms with Crippen LogP contribution < -0.4 is 0 Å². The van der Waals surface area contributed by atoms with Crippen LogP contribution in [0.15, 0.2) is 24.5 Å². The summed E-state index contributed by atoms with van der Waals surface area (Å²) in [7, 11) is 0. The van der Waals surface area contributed by atoms with Crippen molar-refractivity contribution in [2.75, 3.05) is 0 Å². The molecule has 4 aromatic heterocycles. The summed E-state index contributed by atoms with van der Waals surface area (Å²) in [6.45, 7) is 1.90. The van der Waals surface area contributed by atoms with Crippen LogP contribution in [-0.2, 0) is 0 Å². The normalized spacial score (nSPS) is 11.2. The maximum absolute atomic E-state index is 4.57. The quantitative estimate of drug-likeness (QED) is 0.564. The van der Waals surface area contributed by atoms with Crippen molar-refractivity contribution in [3.8, 4) is 21.3 Å². The number of hydrogen-bond donors (Lipinski definition) is 0. The SMILES string of the molecule is Cc1nnsc1-c1nnc2sc(-c3ccncc3)nn12. The minimum Gasteiger partial charge on any atom is -0.265 e. The molecule has 4 aromatic rings. The first-order chi connectivity index (χ1) is 9.83. The Morgan fingerprint density at radius 3 is 2.70 bits per heavy atom. The molecule has 0 aliphatic carbocycles. The number of pyridine rings is 1. The molecule has 0 aromatic carbocycles. The molecule has 0 saturated heterocycles. The fourth-order valence-corrected chi connectivity index (χ4v) is 3.28. The third-order valence-electron chi connectivity index (χ3n) is 2.77. The Morgan fingerprint density at radius 2 is 1.95 bits per heavy atom. The maximum atomic E-state index is 4.57. The molecule has 0 bridgehead atoms. The molecule has 9 heteroatoms. The van der Waals surface area contributed by atoms with Crippen LogP contribution in [-0.4, -0.2) is 34.4 Å². The molecule has 0 saturated carbocycles. The van der Waals surface area contributed by atoms with Crippen molar-refractivity contribution >= 4 is 27.8 Å². The van der Waals surface area contributed by atoms with Gasteiger partial charge in [-0.2, -0.15) is 9.61 Å². The van der Waals surface area contributed by atoms with Crippen molar-refractivity contribution < 1.29 is 0 Å². The Morgan fingerprint density at radius 1 is 1.10 bits per heavy atom. The van der Waals surface area contributed by atoms with Gasteiger partial charge in [-0.15, -0.1) is 15.3 Å². The summed E-state index contributed by atoms with van der Waals surface area (Å²) in [4.78, 5) is 5.65. The molecular weight excluding hydrogens is 294 g/mol. The summed E-state index contributed by atoms with van der Waals surface area (Å²) in [5, 5.41) is 17.8. The van der Waals surface area contributed by atoms with Gasteiger partial charge in [0.05, 0.1) is 5.69 Å². The number of rotatable bonds is 2. The average Bonchev–Trinajstić information content (AvgIpc) is 3.15. The molecular formula is C11H7N7S2. The van der Waals surface area contributed by atoms with E-state index in [1.54, 1.807) is 16.9 Å². The lowest BCUT2D eigenvalue weighted by Gasteiger charge is -1.93. The van der Waals surface area contributed by atoms with E-state index in [4.69, 9.17) is 0 Å². The molecule has 4 heterocycles. The zero-order valence-electron chi connectivity index (χ0n) is 10.3. The number of aromatic nitrogens is 7. The van der Waals surface area contributed by atoms with Crippen LogP contribution in [0.5, 0.6) is 0 Å². The topological polar surface area (TPSA) is 81.8 Å². The van der Waals surface area contributed by atoms with Gasteiger partial charge in [-0.25, -0.2) is 0 Å². The number of nitrogens with zero attached hydrogens (tertiary/aromatic N) is 7. The molecule has 0 fully saturated rings. The van der Waals surface area contributed by atoms with Crippen molar-refractivity contribution in [1.82, 2.24) is 34.4 Å². The van der Waals surface area contributed by atoms with Gasteiger partial charge in [-0.1, -0.05) is 15.8 Å². The zero-order valence-corrected chi connectivity index (χ0v) is 11.9. The maximum Gasteiger partial charge on any atom is 0.235 e. The highest BCUT2D eigenvalue weighted by molar-refractivity contribution is 7.19. The van der Waals surface area contributed by atoms with Gasteiger partial charge in [0.25, 0.3) is 0 Å². The lowest BCUT2D eigenvalue weighted by atomic mass is 10.3. The predicted octanol–water partition coefficient (Wildman–Crippen LogP) is 2.07. The van der Waals surface area contributed by atoms with Crippen molar-refractivity contribution in [3.63, 3.8) is 0 Å². The second-order valence-corrected chi connectivity index (χ2v) is 5.76. The molecule has 4 rings (SSSR count). The van der Waals surface area contributed by atoms with Gasteiger partial charge in [0, 0.05) is 18.0 Å². The summed E-state index contributed by atoms with van der Waals surface area (Å²) in [6.07, 6.45) is 3.49. The first kappa shape index (κ1) is 11.6. The lowest BCUT2D eigenvalue weighted by molar-refractivity contribution is 0.969. The molecule has 0 aliphatic heterocycles. The van der Waals surface area contributed by atoms with Gasteiger partial charge in [0.1, 0.15) is 9.88 Å². The molecule has 0 unspecified atom stereocenters. The summed E-state index contributed by atoms with van der Waals surface area (Å²) in [6, 6.07) is 3.84. The van der Waals surface area contributed by atoms with Gasteiger partial charge in [-0.3, -0.25) is 4.98 Å². The lowest BCUT2D eigenvalue weighted by Crippen LogP contribution is -1.90. The van der Waals surface area contributed by atoms with E-state index < -0.39 is 0 Å². The Balaban J connectivity index is 1.90. The second kappa shape index (κ2) is 4.39. The van der Waals surface area contributed by atoms with Gasteiger partial charge in [-0.05, 0) is 30.6 Å². The summed E-state index contributed by atoms with van der Waals surface area (Å²) in [5.41, 5.74) is 1.85. The summed E-state index contributed by atoms with van der Waals surface area (Å²) >= 11 is 2.79. The highest BCUT2D eigenvalue weighted by Gasteiger charge is 2.17. The van der Waals surface area contributed by atoms with Crippen molar-refractivity contribution in [2.45, 2.75) is 6.92 Å². The van der Waals surface area contributed by atoms with Crippen LogP contribution in [0.25, 0.3) is 26.2 Å². The molecule has 0 amide bonds. The number of fused-ring (bicyclic) bond motifs is 1. The molecule has 0 N–H and O–H groups in total. The van der Waals surface area contributed by atoms with E-state index in [0.29, 0.717) is 5.82 Å². The van der Waals surface area contributed by atoms with Crippen LogP contribution in [0, 0.1) is 6.92 Å². The molecule has 7 nitrogen and oxygen atoms in total. The second-order valence-electron chi connectivity index (χ2n) is 4.05. The van der Waals surface area contributed by atoms with Gasteiger partial charge < -0.3 is 0 Å². The Labute approximate surface area is 121 Å². The molecule has 0 aliphatic rings. The fraction of sp³-hybridized carbons (Fsp3) is 0.0909. The van der Waals surface area contributed by atoms with Gasteiger partial charge in [0.2, 0.25) is 4.96 Å². The standard InChI is InChI=1S/C11H7N7S2/c1-6-8(20-17-13-6)9-14-15-11-18(9)16-10(19-11)7-2-4-12-5-3-7/h2-5H,1H3. The highest BCUT2D eigenvalue weighted by Crippen LogP contribution is 2.29. The summed E-state index contributed by atoms with van der Waals surface area (Å²) in [5.74, 6) is 0.684. The van der Waals surface area contributed by atoms with Crippen LogP contribution in [0.3, 0.4) is 0 Å². The number of aryl methyl sites for hydroxylation is 1. The fourth-order valence-electron chi connectivity index (χ4n) is 1.81. The Hall–Kier alpha value is -2.26. The summed E-state index contributed by atoms with van der Waals surface area (Å²) < 4.78 is 5.67. The minimum atomic E-state index is 0.684. The van der Waals surface area contributed by atoms with Crippen molar-refractivity contribution in [1.29, 1.82) is 0 Å². The monoisotopic (exact) mass is 301 g/mol. The van der Waals surface area contributed by atoms with Crippen LogP contribution in [0.2, 0.25) is 0 Å². The molecule has 0 radical (unpaired) electrons. The van der Waals surface area contributed by atoms with Crippen LogP contribution >= 0.6 is 22.9 Å². The van der Waals surface area contributed by atoms with Crippen LogP contribution in [0.4, 0.5) is 0 Å². The Bertz CT molecular complexity index is 877. The molecule has 20 heavy (non-hydrogen) atoms. The van der Waals surface area contributed by atoms with E-state index >= 15 is 0 Å². The average molecular weight is 301 g/mol. The molecule has 98 valence electrons. The van der Waals surface area contributed by atoms with Gasteiger partial charge >= 0.3 is 0 Å². The first-order valence-corrected chi connectivity index (χ1v) is 7.34. The largest absolute Gasteiger partial charge is 0.265 e. The van der Waals surface area contributed by atoms with E-state index in [9.17, 15) is 0 Å². The van der Waals surface area contributed by atoms with E-state index in [1.165, 1.54) is 22.9 Å². The Kier molecular flexibility index (Phi) is 2.54. The van der Waals surface area contributed by atoms with Crippen molar-refractivity contribution in [2.24, 2.45) is 0 Å². The van der Waals surface area contributed by atoms with E-state index in [1.807, 2.05) is 19.1 Å². The predicted molar refractivity (Wildman–Crippen MR) is 75.5 cm³/mol. The molecule has 0 atom stereocenters. The van der Waals surface area contributed by atoms with Crippen molar-refractivity contribution in [3.05, 3.63) is 30.2 Å². The zero-order chi connectivity index (χ0) is 13.5. The minimum absolute atomic E-state index is 0.684. The van der Waals surface area contributed by atoms with Gasteiger partial charge in [0.15, 0.2) is 5.82 Å². The van der Waals surface area contributed by atoms with E-state index in [0.717, 1.165) is 26.1 Å². The third kappa shape index (κ3) is 1.71. The van der Waals surface area contributed by atoms with E-state index in [2.05, 4.69) is 29.9 Å². The highest BCUT2D eigenvalue weighted by atomic mass is 32.1. The van der Waals surface area contributed by atoms with Crippen LogP contribution in [0.1, 0.15) is 5.69 Å². The van der Waals surface area contributed by atoms with E-state index in [-0.39, 0.29) is 0 Å². The smallest absolute Gasteiger partial charge is 0.235 e. The molecule has 0 spiro atoms. The third-order valence-corrected chi connectivity index (χ3v) is 4.54. The first-order valence-electron chi connectivity index (χ1n) is 5.75.